The van der Waals surface area contributed by atoms with Crippen LogP contribution < -0.4 is 10.6 Å². The summed E-state index contributed by atoms with van der Waals surface area (Å²) in [5, 5.41) is 11.8. The fraction of sp³-hybridized carbons (Fsp3) is 0.538. The van der Waals surface area contributed by atoms with Crippen molar-refractivity contribution in [3.05, 3.63) is 23.4 Å². The van der Waals surface area contributed by atoms with E-state index < -0.39 is 0 Å². The minimum Gasteiger partial charge on any atom is -0.409 e. The Labute approximate surface area is 107 Å². The Balaban J connectivity index is 2.25. The molecular formula is C13H20N4O. The summed E-state index contributed by atoms with van der Waals surface area (Å²) in [5.74, 6) is 1.84. The van der Waals surface area contributed by atoms with E-state index in [1.54, 1.807) is 0 Å². The minimum atomic E-state index is 0.132. The molecule has 0 spiro atoms. The van der Waals surface area contributed by atoms with Crippen LogP contribution in [0.15, 0.2) is 17.3 Å². The van der Waals surface area contributed by atoms with Crippen LogP contribution in [0.4, 0.5) is 5.82 Å². The van der Waals surface area contributed by atoms with E-state index >= 15 is 0 Å². The van der Waals surface area contributed by atoms with Crippen LogP contribution >= 0.6 is 0 Å². The SMILES string of the molecule is Cc1cc(/C(N)=N/O)cc(N2CCC(C)CC2)n1. The van der Waals surface area contributed by atoms with Gasteiger partial charge in [-0.25, -0.2) is 4.98 Å². The fourth-order valence-corrected chi connectivity index (χ4v) is 2.26. The molecule has 0 bridgehead atoms. The van der Waals surface area contributed by atoms with Crippen molar-refractivity contribution in [2.24, 2.45) is 16.8 Å². The standard InChI is InChI=1S/C13H20N4O/c1-9-3-5-17(6-4-9)12-8-11(13(14)16-18)7-10(2)15-12/h7-9,18H,3-6H2,1-2H3,(H2,14,16). The quantitative estimate of drug-likeness (QED) is 0.362. The van der Waals surface area contributed by atoms with E-state index in [1.807, 2.05) is 19.1 Å². The number of pyridine rings is 1. The number of aromatic nitrogens is 1. The minimum absolute atomic E-state index is 0.132. The molecule has 0 atom stereocenters. The molecule has 1 fully saturated rings. The summed E-state index contributed by atoms with van der Waals surface area (Å²) in [4.78, 5) is 6.80. The first-order valence-electron chi connectivity index (χ1n) is 6.31. The molecular weight excluding hydrogens is 228 g/mol. The predicted octanol–water partition coefficient (Wildman–Crippen LogP) is 1.72. The predicted molar refractivity (Wildman–Crippen MR) is 72.1 cm³/mol. The molecule has 0 unspecified atom stereocenters. The number of amidine groups is 1. The van der Waals surface area contributed by atoms with Gasteiger partial charge in [0, 0.05) is 24.3 Å². The second-order valence-corrected chi connectivity index (χ2v) is 5.01. The largest absolute Gasteiger partial charge is 0.409 e. The monoisotopic (exact) mass is 248 g/mol. The van der Waals surface area contributed by atoms with Crippen LogP contribution in [0.3, 0.4) is 0 Å². The second-order valence-electron chi connectivity index (χ2n) is 5.01. The zero-order valence-electron chi connectivity index (χ0n) is 10.9. The highest BCUT2D eigenvalue weighted by Gasteiger charge is 2.18. The smallest absolute Gasteiger partial charge is 0.170 e. The molecule has 5 nitrogen and oxygen atoms in total. The van der Waals surface area contributed by atoms with Crippen molar-refractivity contribution in [3.63, 3.8) is 0 Å². The Morgan fingerprint density at radius 3 is 2.72 bits per heavy atom. The number of hydrogen-bond acceptors (Lipinski definition) is 4. The van der Waals surface area contributed by atoms with Crippen molar-refractivity contribution < 1.29 is 5.21 Å². The van der Waals surface area contributed by atoms with E-state index in [0.29, 0.717) is 0 Å². The summed E-state index contributed by atoms with van der Waals surface area (Å²) in [7, 11) is 0. The van der Waals surface area contributed by atoms with Crippen molar-refractivity contribution in [2.75, 3.05) is 18.0 Å². The maximum absolute atomic E-state index is 8.74. The van der Waals surface area contributed by atoms with Crippen molar-refractivity contribution in [3.8, 4) is 0 Å². The summed E-state index contributed by atoms with van der Waals surface area (Å²) in [5.41, 5.74) is 7.24. The van der Waals surface area contributed by atoms with Gasteiger partial charge in [-0.2, -0.15) is 0 Å². The van der Waals surface area contributed by atoms with E-state index in [1.165, 1.54) is 12.8 Å². The first kappa shape index (κ1) is 12.7. The Morgan fingerprint density at radius 2 is 2.11 bits per heavy atom. The molecule has 0 saturated carbocycles. The number of oxime groups is 1. The number of anilines is 1. The lowest BCUT2D eigenvalue weighted by molar-refractivity contribution is 0.318. The van der Waals surface area contributed by atoms with Crippen LogP contribution in [0.2, 0.25) is 0 Å². The van der Waals surface area contributed by atoms with Crippen LogP contribution in [0.25, 0.3) is 0 Å². The van der Waals surface area contributed by atoms with Gasteiger partial charge in [-0.15, -0.1) is 0 Å². The lowest BCUT2D eigenvalue weighted by atomic mass is 9.99. The van der Waals surface area contributed by atoms with Crippen LogP contribution in [-0.2, 0) is 0 Å². The molecule has 3 N–H and O–H groups in total. The van der Waals surface area contributed by atoms with Crippen LogP contribution in [0.1, 0.15) is 31.0 Å². The zero-order chi connectivity index (χ0) is 13.1. The molecule has 2 heterocycles. The third-order valence-electron chi connectivity index (χ3n) is 3.45. The Bertz CT molecular complexity index is 450. The highest BCUT2D eigenvalue weighted by molar-refractivity contribution is 5.97. The average molecular weight is 248 g/mol. The molecule has 98 valence electrons. The van der Waals surface area contributed by atoms with Gasteiger partial charge < -0.3 is 15.8 Å². The van der Waals surface area contributed by atoms with Gasteiger partial charge in [-0.1, -0.05) is 12.1 Å². The number of nitrogens with two attached hydrogens (primary N) is 1. The van der Waals surface area contributed by atoms with Gasteiger partial charge in [0.2, 0.25) is 0 Å². The molecule has 18 heavy (non-hydrogen) atoms. The van der Waals surface area contributed by atoms with Gasteiger partial charge in [0.05, 0.1) is 0 Å². The van der Waals surface area contributed by atoms with Crippen molar-refractivity contribution >= 4 is 11.7 Å². The second kappa shape index (κ2) is 5.25. The average Bonchev–Trinajstić information content (AvgIpc) is 2.38. The van der Waals surface area contributed by atoms with Crippen molar-refractivity contribution in [1.29, 1.82) is 0 Å². The van der Waals surface area contributed by atoms with Gasteiger partial charge in [-0.05, 0) is 37.8 Å². The number of piperidine rings is 1. The third kappa shape index (κ3) is 2.72. The van der Waals surface area contributed by atoms with Crippen LogP contribution in [-0.4, -0.2) is 29.1 Å². The van der Waals surface area contributed by atoms with Gasteiger partial charge >= 0.3 is 0 Å². The molecule has 1 aliphatic rings. The van der Waals surface area contributed by atoms with Crippen molar-refractivity contribution in [2.45, 2.75) is 26.7 Å². The molecule has 0 radical (unpaired) electrons. The van der Waals surface area contributed by atoms with Gasteiger partial charge in [0.25, 0.3) is 0 Å². The van der Waals surface area contributed by atoms with Crippen molar-refractivity contribution in [1.82, 2.24) is 4.98 Å². The van der Waals surface area contributed by atoms with E-state index in [0.717, 1.165) is 36.1 Å². The number of aryl methyl sites for hydroxylation is 1. The lowest BCUT2D eigenvalue weighted by Crippen LogP contribution is -2.33. The summed E-state index contributed by atoms with van der Waals surface area (Å²) < 4.78 is 0. The van der Waals surface area contributed by atoms with E-state index in [9.17, 15) is 0 Å². The summed E-state index contributed by atoms with van der Waals surface area (Å²) in [6.07, 6.45) is 2.38. The highest BCUT2D eigenvalue weighted by Crippen LogP contribution is 2.22. The van der Waals surface area contributed by atoms with Crippen LogP contribution in [0.5, 0.6) is 0 Å². The molecule has 0 aliphatic carbocycles. The number of nitrogens with zero attached hydrogens (tertiary/aromatic N) is 3. The topological polar surface area (TPSA) is 74.7 Å². The molecule has 1 aromatic heterocycles. The molecule has 1 aromatic rings. The molecule has 2 rings (SSSR count). The van der Waals surface area contributed by atoms with E-state index in [-0.39, 0.29) is 5.84 Å². The molecule has 1 saturated heterocycles. The maximum atomic E-state index is 8.74. The van der Waals surface area contributed by atoms with Gasteiger partial charge in [0.15, 0.2) is 5.84 Å². The maximum Gasteiger partial charge on any atom is 0.170 e. The van der Waals surface area contributed by atoms with Gasteiger partial charge in [0.1, 0.15) is 5.82 Å². The Hall–Kier alpha value is -1.78. The first-order valence-corrected chi connectivity index (χ1v) is 6.31. The zero-order valence-corrected chi connectivity index (χ0v) is 10.9. The van der Waals surface area contributed by atoms with E-state index in [2.05, 4.69) is 22.0 Å². The summed E-state index contributed by atoms with van der Waals surface area (Å²) >= 11 is 0. The number of rotatable bonds is 2. The number of hydrogen-bond donors (Lipinski definition) is 2. The molecule has 5 heteroatoms. The Morgan fingerprint density at radius 1 is 1.44 bits per heavy atom. The first-order chi connectivity index (χ1) is 8.60. The third-order valence-corrected chi connectivity index (χ3v) is 3.45. The Kier molecular flexibility index (Phi) is 3.69. The molecule has 0 aromatic carbocycles. The summed E-state index contributed by atoms with van der Waals surface area (Å²) in [6.45, 7) is 6.24. The van der Waals surface area contributed by atoms with Crippen LogP contribution in [0, 0.1) is 12.8 Å². The van der Waals surface area contributed by atoms with E-state index in [4.69, 9.17) is 10.9 Å². The molecule has 1 aliphatic heterocycles. The highest BCUT2D eigenvalue weighted by atomic mass is 16.4. The normalized spacial score (nSPS) is 18.1. The fourth-order valence-electron chi connectivity index (χ4n) is 2.26. The van der Waals surface area contributed by atoms with Gasteiger partial charge in [-0.3, -0.25) is 0 Å². The summed E-state index contributed by atoms with van der Waals surface area (Å²) in [6, 6.07) is 3.71. The molecule has 0 amide bonds. The lowest BCUT2D eigenvalue weighted by Gasteiger charge is -2.31.